The van der Waals surface area contributed by atoms with E-state index in [0.717, 1.165) is 35.0 Å². The number of carboxylic acid groups (broad SMARTS) is 1. The number of rotatable bonds is 11. The van der Waals surface area contributed by atoms with Gasteiger partial charge in [-0.1, -0.05) is 6.07 Å². The molecule has 2 aromatic carbocycles. The molecule has 2 aromatic heterocycles. The lowest BCUT2D eigenvalue weighted by Gasteiger charge is -2.10. The molecule has 0 bridgehead atoms. The number of hydrogen-bond acceptors (Lipinski definition) is 5. The molecule has 2 N–H and O–H groups in total. The van der Waals surface area contributed by atoms with Crippen LogP contribution in [0.1, 0.15) is 36.9 Å². The average Bonchev–Trinajstić information content (AvgIpc) is 3.39. The SMILES string of the molecule is Cc1c(S(=O)(=O)CCCNCCCc2ccc3c(ccn3C(C)C(=O)O)c2)sc2ccc(F)cc12. The Morgan fingerprint density at radius 1 is 1.14 bits per heavy atom. The zero-order valence-corrected chi connectivity index (χ0v) is 21.4. The highest BCUT2D eigenvalue weighted by molar-refractivity contribution is 7.93. The monoisotopic (exact) mass is 516 g/mol. The van der Waals surface area contributed by atoms with E-state index >= 15 is 0 Å². The van der Waals surface area contributed by atoms with Gasteiger partial charge in [0.1, 0.15) is 16.1 Å². The second kappa shape index (κ2) is 10.5. The first-order valence-electron chi connectivity index (χ1n) is 11.6. The van der Waals surface area contributed by atoms with Gasteiger partial charge in [0.25, 0.3) is 0 Å². The number of aryl methyl sites for hydroxylation is 2. The maximum Gasteiger partial charge on any atom is 0.326 e. The van der Waals surface area contributed by atoms with E-state index in [1.165, 1.54) is 29.0 Å². The summed E-state index contributed by atoms with van der Waals surface area (Å²) in [6, 6.07) is 11.8. The second-order valence-corrected chi connectivity index (χ2v) is 12.2. The topological polar surface area (TPSA) is 88.4 Å². The molecule has 2 heterocycles. The summed E-state index contributed by atoms with van der Waals surface area (Å²) in [5.41, 5.74) is 2.71. The number of carbonyl (C=O) groups is 1. The zero-order valence-electron chi connectivity index (χ0n) is 19.8. The van der Waals surface area contributed by atoms with Crippen LogP contribution >= 0.6 is 11.3 Å². The number of hydrogen-bond donors (Lipinski definition) is 2. The van der Waals surface area contributed by atoms with Crippen LogP contribution in [0.15, 0.2) is 52.9 Å². The number of thiophene rings is 1. The summed E-state index contributed by atoms with van der Waals surface area (Å²) in [6.07, 6.45) is 4.09. The van der Waals surface area contributed by atoms with Gasteiger partial charge in [0.05, 0.1) is 5.75 Å². The molecule has 35 heavy (non-hydrogen) atoms. The summed E-state index contributed by atoms with van der Waals surface area (Å²) in [5.74, 6) is -1.17. The summed E-state index contributed by atoms with van der Waals surface area (Å²) in [6.45, 7) is 4.78. The van der Waals surface area contributed by atoms with Crippen molar-refractivity contribution in [3.05, 3.63) is 65.6 Å². The van der Waals surface area contributed by atoms with Crippen molar-refractivity contribution >= 4 is 48.1 Å². The third kappa shape index (κ3) is 5.58. The number of benzene rings is 2. The van der Waals surface area contributed by atoms with Gasteiger partial charge in [-0.15, -0.1) is 11.3 Å². The summed E-state index contributed by atoms with van der Waals surface area (Å²) >= 11 is 1.21. The largest absolute Gasteiger partial charge is 0.480 e. The van der Waals surface area contributed by atoms with E-state index in [4.69, 9.17) is 0 Å². The van der Waals surface area contributed by atoms with Crippen LogP contribution in [0.5, 0.6) is 0 Å². The molecule has 0 aliphatic heterocycles. The number of nitrogens with one attached hydrogen (secondary N) is 1. The molecule has 0 spiro atoms. The third-order valence-electron chi connectivity index (χ3n) is 6.28. The molecule has 4 aromatic rings. The van der Waals surface area contributed by atoms with Crippen molar-refractivity contribution in [2.75, 3.05) is 18.8 Å². The number of aliphatic carboxylic acids is 1. The van der Waals surface area contributed by atoms with Gasteiger partial charge < -0.3 is 15.0 Å². The lowest BCUT2D eigenvalue weighted by Crippen LogP contribution is -2.20. The normalized spacial score (nSPS) is 13.0. The highest BCUT2D eigenvalue weighted by atomic mass is 32.2. The predicted molar refractivity (Wildman–Crippen MR) is 139 cm³/mol. The second-order valence-electron chi connectivity index (χ2n) is 8.81. The van der Waals surface area contributed by atoms with E-state index < -0.39 is 21.8 Å². The van der Waals surface area contributed by atoms with Crippen molar-refractivity contribution < 1.29 is 22.7 Å². The first-order valence-corrected chi connectivity index (χ1v) is 14.1. The van der Waals surface area contributed by atoms with E-state index in [1.807, 2.05) is 18.2 Å². The fourth-order valence-corrected chi connectivity index (χ4v) is 7.55. The highest BCUT2D eigenvalue weighted by Gasteiger charge is 2.21. The lowest BCUT2D eigenvalue weighted by molar-refractivity contribution is -0.140. The van der Waals surface area contributed by atoms with Gasteiger partial charge >= 0.3 is 5.97 Å². The minimum absolute atomic E-state index is 0.0541. The molecule has 186 valence electrons. The number of fused-ring (bicyclic) bond motifs is 2. The Morgan fingerprint density at radius 3 is 2.69 bits per heavy atom. The molecular weight excluding hydrogens is 487 g/mol. The average molecular weight is 517 g/mol. The third-order valence-corrected chi connectivity index (χ3v) is 10.1. The zero-order chi connectivity index (χ0) is 25.2. The van der Waals surface area contributed by atoms with Crippen molar-refractivity contribution in [2.24, 2.45) is 0 Å². The Balaban J connectivity index is 1.23. The smallest absolute Gasteiger partial charge is 0.326 e. The van der Waals surface area contributed by atoms with Gasteiger partial charge in [0.15, 0.2) is 9.84 Å². The number of sulfone groups is 1. The van der Waals surface area contributed by atoms with E-state index in [0.29, 0.717) is 28.1 Å². The van der Waals surface area contributed by atoms with Crippen LogP contribution in [0.25, 0.3) is 21.0 Å². The number of halogens is 1. The van der Waals surface area contributed by atoms with Crippen LogP contribution in [-0.4, -0.2) is 42.9 Å². The van der Waals surface area contributed by atoms with Gasteiger partial charge in [-0.05, 0) is 104 Å². The molecular formula is C26H29FN2O4S2. The Hall–Kier alpha value is -2.75. The van der Waals surface area contributed by atoms with Crippen LogP contribution in [-0.2, 0) is 21.1 Å². The van der Waals surface area contributed by atoms with E-state index in [9.17, 15) is 22.7 Å². The molecule has 4 rings (SSSR count). The van der Waals surface area contributed by atoms with E-state index in [1.54, 1.807) is 30.7 Å². The van der Waals surface area contributed by atoms with Crippen LogP contribution in [0.2, 0.25) is 0 Å². The number of aromatic nitrogens is 1. The van der Waals surface area contributed by atoms with Crippen molar-refractivity contribution in [3.63, 3.8) is 0 Å². The summed E-state index contributed by atoms with van der Waals surface area (Å²) in [4.78, 5) is 11.3. The molecule has 0 saturated heterocycles. The molecule has 0 saturated carbocycles. The molecule has 0 amide bonds. The van der Waals surface area contributed by atoms with Crippen molar-refractivity contribution in [1.82, 2.24) is 9.88 Å². The fraction of sp³-hybridized carbons (Fsp3) is 0.346. The Morgan fingerprint density at radius 2 is 1.91 bits per heavy atom. The van der Waals surface area contributed by atoms with Crippen LogP contribution in [0.4, 0.5) is 4.39 Å². The predicted octanol–water partition coefficient (Wildman–Crippen LogP) is 5.34. The quantitative estimate of drug-likeness (QED) is 0.263. The minimum atomic E-state index is -3.41. The fourth-order valence-electron chi connectivity index (χ4n) is 4.32. The summed E-state index contributed by atoms with van der Waals surface area (Å²) < 4.78 is 42.1. The molecule has 0 fully saturated rings. The molecule has 1 unspecified atom stereocenters. The molecule has 0 aliphatic rings. The van der Waals surface area contributed by atoms with Crippen molar-refractivity contribution in [1.29, 1.82) is 0 Å². The van der Waals surface area contributed by atoms with Crippen LogP contribution in [0, 0.1) is 12.7 Å². The number of nitrogens with zero attached hydrogens (tertiary/aromatic N) is 1. The molecule has 6 nitrogen and oxygen atoms in total. The Kier molecular flexibility index (Phi) is 7.59. The van der Waals surface area contributed by atoms with Crippen molar-refractivity contribution in [3.8, 4) is 0 Å². The number of carboxylic acids is 1. The van der Waals surface area contributed by atoms with E-state index in [2.05, 4.69) is 11.4 Å². The van der Waals surface area contributed by atoms with Crippen molar-refractivity contribution in [2.45, 2.75) is 43.4 Å². The molecule has 1 atom stereocenters. The Labute approximate surface area is 208 Å². The van der Waals surface area contributed by atoms with Crippen LogP contribution in [0.3, 0.4) is 0 Å². The Bertz CT molecular complexity index is 1470. The summed E-state index contributed by atoms with van der Waals surface area (Å²) in [7, 11) is -3.41. The van der Waals surface area contributed by atoms with Crippen LogP contribution < -0.4 is 5.32 Å². The van der Waals surface area contributed by atoms with Gasteiger partial charge in [-0.2, -0.15) is 0 Å². The van der Waals surface area contributed by atoms with Gasteiger partial charge in [-0.25, -0.2) is 17.6 Å². The minimum Gasteiger partial charge on any atom is -0.480 e. The molecule has 9 heteroatoms. The standard InChI is InChI=1S/C26H29FN2O4S2/c1-17-22-16-21(27)7-9-24(22)34-26(17)35(32,33)14-4-12-28-11-3-5-19-6-8-23-20(15-19)10-13-29(23)18(2)25(30)31/h6-10,13,15-16,18,28H,3-5,11-12,14H2,1-2H3,(H,30,31). The maximum absolute atomic E-state index is 13.5. The summed E-state index contributed by atoms with van der Waals surface area (Å²) in [5, 5.41) is 14.3. The first kappa shape index (κ1) is 25.3. The maximum atomic E-state index is 13.5. The van der Waals surface area contributed by atoms with Gasteiger partial charge in [0.2, 0.25) is 0 Å². The van der Waals surface area contributed by atoms with Gasteiger partial charge in [-0.3, -0.25) is 0 Å². The lowest BCUT2D eigenvalue weighted by atomic mass is 10.1. The van der Waals surface area contributed by atoms with E-state index in [-0.39, 0.29) is 11.6 Å². The first-order chi connectivity index (χ1) is 16.7. The molecule has 0 radical (unpaired) electrons. The van der Waals surface area contributed by atoms with Gasteiger partial charge in [0, 0.05) is 16.4 Å². The highest BCUT2D eigenvalue weighted by Crippen LogP contribution is 2.35. The molecule has 0 aliphatic carbocycles.